The molecule has 4 heterocycles. The van der Waals surface area contributed by atoms with Gasteiger partial charge in [0.2, 0.25) is 0 Å². The largest absolute Gasteiger partial charge is 0.457 e. The van der Waals surface area contributed by atoms with E-state index < -0.39 is 34.4 Å². The molecule has 0 bridgehead atoms. The van der Waals surface area contributed by atoms with Gasteiger partial charge in [0, 0.05) is 20.6 Å². The number of nitrogens with zero attached hydrogens (tertiary/aromatic N) is 4. The van der Waals surface area contributed by atoms with Crippen LogP contribution in [0.15, 0.2) is 105 Å². The van der Waals surface area contributed by atoms with Crippen LogP contribution >= 0.6 is 22.7 Å². The van der Waals surface area contributed by atoms with Crippen molar-refractivity contribution in [3.63, 3.8) is 0 Å². The molecular weight excluding hydrogens is 681 g/mol. The van der Waals surface area contributed by atoms with Gasteiger partial charge in [0.1, 0.15) is 32.6 Å². The average molecular weight is 711 g/mol. The molecule has 0 aliphatic carbocycles. The van der Waals surface area contributed by atoms with Gasteiger partial charge in [-0.2, -0.15) is 0 Å². The van der Waals surface area contributed by atoms with Crippen LogP contribution in [0.5, 0.6) is 0 Å². The van der Waals surface area contributed by atoms with Gasteiger partial charge in [-0.25, -0.2) is 23.7 Å². The fraction of sp³-hybridized carbons (Fsp3) is 0.167. The van der Waals surface area contributed by atoms with Crippen molar-refractivity contribution in [3.8, 4) is 12.3 Å². The lowest BCUT2D eigenvalue weighted by Gasteiger charge is -2.05. The summed E-state index contributed by atoms with van der Waals surface area (Å²) in [4.78, 5) is 75.3. The highest BCUT2D eigenvalue weighted by atomic mass is 32.1. The molecule has 0 atom stereocenters. The summed E-state index contributed by atoms with van der Waals surface area (Å²) in [7, 11) is 3.10. The topological polar surface area (TPSA) is 141 Å². The van der Waals surface area contributed by atoms with Gasteiger partial charge in [0.15, 0.2) is 0 Å². The van der Waals surface area contributed by atoms with Crippen LogP contribution in [0, 0.1) is 12.3 Å². The molecule has 0 amide bonds. The number of hydrogen-bond acceptors (Lipinski definition) is 10. The van der Waals surface area contributed by atoms with Crippen LogP contribution in [0.1, 0.15) is 30.5 Å². The number of hydrogen-bond donors (Lipinski definition) is 0. The van der Waals surface area contributed by atoms with Crippen LogP contribution < -0.4 is 22.5 Å². The lowest BCUT2D eigenvalue weighted by molar-refractivity contribution is 0.0470. The van der Waals surface area contributed by atoms with Crippen molar-refractivity contribution in [1.82, 2.24) is 18.3 Å². The van der Waals surface area contributed by atoms with E-state index in [1.165, 1.54) is 34.4 Å². The minimum atomic E-state index is -0.541. The molecule has 12 nitrogen and oxygen atoms in total. The second-order valence-electron chi connectivity index (χ2n) is 10.8. The summed E-state index contributed by atoms with van der Waals surface area (Å²) >= 11 is 2.12. The van der Waals surface area contributed by atoms with Gasteiger partial charge in [-0.15, -0.1) is 35.7 Å². The molecule has 0 fully saturated rings. The Morgan fingerprint density at radius 1 is 0.740 bits per heavy atom. The second kappa shape index (κ2) is 15.5. The Morgan fingerprint density at radius 3 is 1.58 bits per heavy atom. The minimum absolute atomic E-state index is 0.116. The molecule has 0 saturated carbocycles. The van der Waals surface area contributed by atoms with Crippen LogP contribution in [-0.2, 0) is 49.9 Å². The Bertz CT molecular complexity index is 2510. The molecule has 2 aromatic carbocycles. The molecule has 4 aromatic heterocycles. The van der Waals surface area contributed by atoms with E-state index in [-0.39, 0.29) is 41.4 Å². The fourth-order valence-corrected chi connectivity index (χ4v) is 6.88. The Labute approximate surface area is 292 Å². The minimum Gasteiger partial charge on any atom is -0.457 e. The zero-order valence-electron chi connectivity index (χ0n) is 27.0. The van der Waals surface area contributed by atoms with Gasteiger partial charge in [0.05, 0.1) is 17.3 Å². The van der Waals surface area contributed by atoms with Gasteiger partial charge < -0.3 is 9.47 Å². The van der Waals surface area contributed by atoms with Crippen molar-refractivity contribution in [3.05, 3.63) is 148 Å². The number of aryl methyl sites for hydroxylation is 2. The van der Waals surface area contributed by atoms with E-state index in [2.05, 4.69) is 12.5 Å². The van der Waals surface area contributed by atoms with E-state index in [9.17, 15) is 28.8 Å². The summed E-state index contributed by atoms with van der Waals surface area (Å²) in [5, 5.41) is 0.592. The smallest absolute Gasteiger partial charge is 0.348 e. The first kappa shape index (κ1) is 35.3. The Balaban J connectivity index is 0.000000194. The molecule has 0 aliphatic heterocycles. The third-order valence-electron chi connectivity index (χ3n) is 7.41. The normalized spacial score (nSPS) is 10.7. The lowest BCUT2D eigenvalue weighted by atomic mass is 10.2. The molecule has 6 rings (SSSR count). The third kappa shape index (κ3) is 7.34. The molecule has 14 heteroatoms. The first-order chi connectivity index (χ1) is 24.0. The maximum absolute atomic E-state index is 12.5. The number of thiophene rings is 2. The molecule has 0 aliphatic rings. The van der Waals surface area contributed by atoms with Crippen molar-refractivity contribution in [1.29, 1.82) is 0 Å². The SMILES string of the molecule is C#CCn1c(=O)c2cc(C(=O)OCc3ccccc3)sc2n(C)c1=O.C=CCn1c(=O)c2cc(C(=O)OCc3ccccc3)sc2n(C)c1=O. The Morgan fingerprint density at radius 2 is 1.16 bits per heavy atom. The zero-order valence-corrected chi connectivity index (χ0v) is 28.6. The lowest BCUT2D eigenvalue weighted by Crippen LogP contribution is -2.38. The number of rotatable bonds is 9. The predicted octanol–water partition coefficient (Wildman–Crippen LogP) is 4.06. The van der Waals surface area contributed by atoms with Crippen molar-refractivity contribution in [2.45, 2.75) is 26.3 Å². The number of carbonyl (C=O) groups is 2. The Kier molecular flexibility index (Phi) is 10.9. The van der Waals surface area contributed by atoms with E-state index in [0.717, 1.165) is 42.9 Å². The van der Waals surface area contributed by atoms with E-state index in [4.69, 9.17) is 15.9 Å². The highest BCUT2D eigenvalue weighted by molar-refractivity contribution is 7.20. The molecule has 0 spiro atoms. The first-order valence-corrected chi connectivity index (χ1v) is 16.6. The molecule has 6 aromatic rings. The predicted molar refractivity (Wildman–Crippen MR) is 193 cm³/mol. The third-order valence-corrected chi connectivity index (χ3v) is 9.79. The summed E-state index contributed by atoms with van der Waals surface area (Å²) in [6.45, 7) is 3.83. The molecule has 0 radical (unpaired) electrons. The molecule has 254 valence electrons. The molecular formula is C36H30N4O8S2. The van der Waals surface area contributed by atoms with Crippen LogP contribution in [0.25, 0.3) is 20.4 Å². The zero-order chi connectivity index (χ0) is 35.9. The highest BCUT2D eigenvalue weighted by Gasteiger charge is 2.20. The fourth-order valence-electron chi connectivity index (χ4n) is 4.88. The molecule has 50 heavy (non-hydrogen) atoms. The maximum Gasteiger partial charge on any atom is 0.348 e. The van der Waals surface area contributed by atoms with E-state index in [1.54, 1.807) is 7.05 Å². The van der Waals surface area contributed by atoms with Crippen LogP contribution in [0.4, 0.5) is 0 Å². The highest BCUT2D eigenvalue weighted by Crippen LogP contribution is 2.24. The number of ether oxygens (including phenoxy) is 2. The van der Waals surface area contributed by atoms with Crippen molar-refractivity contribution in [2.75, 3.05) is 0 Å². The molecule has 0 unspecified atom stereocenters. The standard InChI is InChI=1S/C18H16N2O4S.C18H14N2O4S/c2*1-3-9-20-15(21)13-10-14(25-16(13)19(2)18(20)23)17(22)24-11-12-7-5-4-6-8-12/h3-8,10H,1,9,11H2,2H3;1,4-8,10H,9,11H2,2H3. The summed E-state index contributed by atoms with van der Waals surface area (Å²) in [5.41, 5.74) is -0.158. The first-order valence-electron chi connectivity index (χ1n) is 15.0. The second-order valence-corrected chi connectivity index (χ2v) is 12.8. The summed E-state index contributed by atoms with van der Waals surface area (Å²) in [6.07, 6.45) is 6.69. The number of aromatic nitrogens is 4. The van der Waals surface area contributed by atoms with Gasteiger partial charge in [0.25, 0.3) is 11.1 Å². The number of allylic oxidation sites excluding steroid dienone is 1. The van der Waals surface area contributed by atoms with Crippen LogP contribution in [0.2, 0.25) is 0 Å². The van der Waals surface area contributed by atoms with E-state index in [0.29, 0.717) is 15.0 Å². The Hall–Kier alpha value is -6.04. The summed E-state index contributed by atoms with van der Waals surface area (Å²) in [6, 6.07) is 21.5. The summed E-state index contributed by atoms with van der Waals surface area (Å²) < 4.78 is 15.3. The van der Waals surface area contributed by atoms with Crippen molar-refractivity contribution >= 4 is 55.0 Å². The maximum atomic E-state index is 12.5. The van der Waals surface area contributed by atoms with E-state index >= 15 is 0 Å². The number of benzene rings is 2. The van der Waals surface area contributed by atoms with Gasteiger partial charge in [-0.3, -0.25) is 23.3 Å². The van der Waals surface area contributed by atoms with Gasteiger partial charge >= 0.3 is 23.3 Å². The van der Waals surface area contributed by atoms with Crippen LogP contribution in [0.3, 0.4) is 0 Å². The van der Waals surface area contributed by atoms with Crippen molar-refractivity contribution in [2.24, 2.45) is 14.1 Å². The average Bonchev–Trinajstić information content (AvgIpc) is 3.79. The molecule has 0 N–H and O–H groups in total. The number of carbonyl (C=O) groups excluding carboxylic acids is 2. The number of terminal acetylenes is 1. The quantitative estimate of drug-likeness (QED) is 0.124. The summed E-state index contributed by atoms with van der Waals surface area (Å²) in [5.74, 6) is 1.22. The van der Waals surface area contributed by atoms with Gasteiger partial charge in [-0.1, -0.05) is 72.7 Å². The molecule has 0 saturated heterocycles. The number of fused-ring (bicyclic) bond motifs is 2. The monoisotopic (exact) mass is 710 g/mol. The van der Waals surface area contributed by atoms with Crippen LogP contribution in [-0.4, -0.2) is 30.2 Å². The van der Waals surface area contributed by atoms with E-state index in [1.807, 2.05) is 60.7 Å². The van der Waals surface area contributed by atoms with Crippen molar-refractivity contribution < 1.29 is 19.1 Å². The van der Waals surface area contributed by atoms with Gasteiger partial charge in [-0.05, 0) is 23.3 Å². The number of esters is 2.